The molecule has 642 valence electrons. The van der Waals surface area contributed by atoms with E-state index in [2.05, 4.69) is 89.5 Å². The van der Waals surface area contributed by atoms with Crippen LogP contribution in [-0.2, 0) is 0 Å². The van der Waals surface area contributed by atoms with Crippen LogP contribution in [0.25, 0.3) is 0 Å². The minimum absolute atomic E-state index is 0.830. The topological polar surface area (TPSA) is 6.48 Å². The number of allylic oxidation sites excluding steroid dienone is 8. The van der Waals surface area contributed by atoms with E-state index in [1.807, 2.05) is 22.3 Å². The molecule has 0 N–H and O–H groups in total. The van der Waals surface area contributed by atoms with Crippen LogP contribution in [0.2, 0.25) is 0 Å². The number of fused-ring (bicyclic) bond motifs is 4. The Hall–Kier alpha value is -1.12. The van der Waals surface area contributed by atoms with Crippen molar-refractivity contribution in [1.29, 1.82) is 0 Å². The summed E-state index contributed by atoms with van der Waals surface area (Å²) in [7, 11) is 0. The van der Waals surface area contributed by atoms with Gasteiger partial charge in [0.15, 0.2) is 0 Å². The van der Waals surface area contributed by atoms with Gasteiger partial charge in [0.2, 0.25) is 0 Å². The van der Waals surface area contributed by atoms with Crippen molar-refractivity contribution >= 4 is 0 Å². The molecule has 12 unspecified atom stereocenters. The summed E-state index contributed by atoms with van der Waals surface area (Å²) in [6.45, 7) is 20.6. The molecule has 0 aromatic heterocycles. The molecular formula is C112H184N2. The molecule has 18 saturated carbocycles. The zero-order valence-corrected chi connectivity index (χ0v) is 76.4. The van der Waals surface area contributed by atoms with Crippen molar-refractivity contribution in [2.45, 2.75) is 477 Å². The minimum atomic E-state index is 0.830. The second-order valence-corrected chi connectivity index (χ2v) is 48.7. The zero-order chi connectivity index (χ0) is 77.5. The van der Waals surface area contributed by atoms with Gasteiger partial charge < -0.3 is 0 Å². The Kier molecular flexibility index (Phi) is 28.3. The highest BCUT2D eigenvalue weighted by molar-refractivity contribution is 5.23. The third-order valence-electron chi connectivity index (χ3n) is 41.6. The van der Waals surface area contributed by atoms with Crippen molar-refractivity contribution in [3.63, 3.8) is 0 Å². The summed E-state index contributed by atoms with van der Waals surface area (Å²) in [5.41, 5.74) is 8.12. The van der Waals surface area contributed by atoms with Crippen molar-refractivity contribution in [3.8, 4) is 0 Å². The van der Waals surface area contributed by atoms with E-state index in [4.69, 9.17) is 0 Å². The van der Waals surface area contributed by atoms with Gasteiger partial charge in [0.25, 0.3) is 0 Å². The van der Waals surface area contributed by atoms with Crippen LogP contribution in [-0.4, -0.2) is 46.1 Å². The van der Waals surface area contributed by atoms with Crippen LogP contribution in [0, 0.1) is 178 Å². The maximum absolute atomic E-state index is 3.70. The molecule has 2 nitrogen and oxygen atoms in total. The fourth-order valence-corrected chi connectivity index (χ4v) is 35.1. The molecule has 0 aliphatic heterocycles. The van der Waals surface area contributed by atoms with Crippen molar-refractivity contribution in [2.24, 2.45) is 178 Å². The van der Waals surface area contributed by atoms with Gasteiger partial charge in [0, 0.05) is 36.3 Å². The third kappa shape index (κ3) is 18.8. The van der Waals surface area contributed by atoms with Crippen LogP contribution in [0.15, 0.2) is 46.6 Å². The van der Waals surface area contributed by atoms with Gasteiger partial charge in [-0.3, -0.25) is 9.80 Å². The van der Waals surface area contributed by atoms with E-state index >= 15 is 0 Å². The Balaban J connectivity index is 0.637. The number of rotatable bonds is 18. The maximum Gasteiger partial charge on any atom is 0.0163 e. The molecule has 0 radical (unpaired) electrons. The van der Waals surface area contributed by atoms with E-state index < -0.39 is 0 Å². The van der Waals surface area contributed by atoms with Gasteiger partial charge in [-0.1, -0.05) is 230 Å². The van der Waals surface area contributed by atoms with Gasteiger partial charge in [-0.05, 0) is 434 Å². The molecule has 0 spiro atoms. The van der Waals surface area contributed by atoms with E-state index in [-0.39, 0.29) is 0 Å². The molecule has 2 heteroatoms. The maximum atomic E-state index is 3.70. The summed E-state index contributed by atoms with van der Waals surface area (Å²) in [6.07, 6.45) is 103. The summed E-state index contributed by atoms with van der Waals surface area (Å²) in [4.78, 5) is 7.32. The third-order valence-corrected chi connectivity index (χ3v) is 41.6. The molecule has 12 atom stereocenters. The highest BCUT2D eigenvalue weighted by Gasteiger charge is 2.66. The minimum Gasteiger partial charge on any atom is -0.294 e. The van der Waals surface area contributed by atoms with Gasteiger partial charge in [0.1, 0.15) is 0 Å². The Bertz CT molecular complexity index is 2810. The Labute approximate surface area is 706 Å². The molecular weight excluding hydrogens is 1370 g/mol. The predicted molar refractivity (Wildman–Crippen MR) is 486 cm³/mol. The van der Waals surface area contributed by atoms with Crippen molar-refractivity contribution in [1.82, 2.24) is 9.80 Å². The highest BCUT2D eigenvalue weighted by atomic mass is 15.2. The van der Waals surface area contributed by atoms with Crippen molar-refractivity contribution in [3.05, 3.63) is 46.6 Å². The lowest BCUT2D eigenvalue weighted by molar-refractivity contribution is -0.216. The van der Waals surface area contributed by atoms with Gasteiger partial charge in [0.05, 0.1) is 0 Å². The fourth-order valence-electron chi connectivity index (χ4n) is 35.1. The first-order valence-electron chi connectivity index (χ1n) is 54.2. The van der Waals surface area contributed by atoms with Crippen LogP contribution < -0.4 is 0 Å². The molecule has 0 saturated heterocycles. The standard InChI is InChI=1S/C112H184N2/c1-73-19-43-85(44-20-73)104(86-45-21-74(2)22-46-86)69-81-35-59-93(60-36-81)113(94-61-37-82(38-62-94)70-105(87-47-23-75(3)24-48-87)88-49-25-76(4)26-50-88)108-68-67-102-109-97(15-11-17-101(108)109)98-16-12-18-103-111(98)110(102)99-13-9-10-14-100(99)112(103)114(95-63-39-83(40-64-95)71-106(89-51-27-77(5)28-52-89)90-53-29-78(6)30-54-90)96-65-41-84(42-66-96)72-107(91-55-31-79(7)32-56-91)92-57-33-80(8)34-58-92/h69-103,108-112H,9-68H2,1-8H3. The Morgan fingerprint density at radius 1 is 0.175 bits per heavy atom. The molecule has 0 amide bonds. The van der Waals surface area contributed by atoms with E-state index in [9.17, 15) is 0 Å². The SMILES string of the molecule is CC1CCC(C(=CC2CCC(N(C3CCC(C=C(C4CCC(C)CC4)C4CCC(C)CC4)CC3)C3CCC4C5C(CCCC53)C3CCCC5C3C4C3CCCCC3C5N(C3CCC(C=C(C4CCC(C)CC4)C4CCC(C)CC4)CC3)C3CCC(C=C(C4CCC(C)CC4)C4CCC(C)CC4)CC3)CC2)C2CCC(C)CC2)CC1. The van der Waals surface area contributed by atoms with Crippen LogP contribution >= 0.6 is 0 Å². The summed E-state index contributed by atoms with van der Waals surface area (Å²) in [5, 5.41) is 0. The van der Waals surface area contributed by atoms with Crippen LogP contribution in [0.1, 0.15) is 441 Å². The van der Waals surface area contributed by atoms with Gasteiger partial charge in [-0.25, -0.2) is 0 Å². The number of hydrogen-bond acceptors (Lipinski definition) is 2. The van der Waals surface area contributed by atoms with Crippen LogP contribution in [0.4, 0.5) is 0 Å². The predicted octanol–water partition coefficient (Wildman–Crippen LogP) is 31.8. The van der Waals surface area contributed by atoms with Gasteiger partial charge in [-0.2, -0.15) is 0 Å². The first-order valence-corrected chi connectivity index (χ1v) is 54.2. The lowest BCUT2D eigenvalue weighted by atomic mass is 9.38. The fraction of sp³-hybridized carbons (Fsp3) is 0.929. The average molecular weight is 1560 g/mol. The van der Waals surface area contributed by atoms with Crippen molar-refractivity contribution < 1.29 is 0 Å². The van der Waals surface area contributed by atoms with E-state index in [1.54, 1.807) is 77.0 Å². The second kappa shape index (κ2) is 38.6. The van der Waals surface area contributed by atoms with Crippen LogP contribution in [0.3, 0.4) is 0 Å². The molecule has 18 rings (SSSR count). The normalized spacial score (nSPS) is 48.3. The number of hydrogen-bond donors (Lipinski definition) is 0. The second-order valence-electron chi connectivity index (χ2n) is 48.7. The lowest BCUT2D eigenvalue weighted by Crippen LogP contribution is -2.69. The largest absolute Gasteiger partial charge is 0.294 e. The highest BCUT2D eigenvalue weighted by Crippen LogP contribution is 2.70. The van der Waals surface area contributed by atoms with E-state index in [0.717, 1.165) is 214 Å². The summed E-state index contributed by atoms with van der Waals surface area (Å²) in [6, 6.07) is 5.06. The molecule has 114 heavy (non-hydrogen) atoms. The summed E-state index contributed by atoms with van der Waals surface area (Å²) in [5.74, 6) is 28.2. The van der Waals surface area contributed by atoms with Crippen LogP contribution in [0.5, 0.6) is 0 Å². The van der Waals surface area contributed by atoms with Gasteiger partial charge >= 0.3 is 0 Å². The molecule has 0 aromatic rings. The summed E-state index contributed by atoms with van der Waals surface area (Å²) >= 11 is 0. The quantitative estimate of drug-likeness (QED) is 0.126. The average Bonchev–Trinajstić information content (AvgIpc) is 0.692. The smallest absolute Gasteiger partial charge is 0.0163 e. The Morgan fingerprint density at radius 3 is 0.702 bits per heavy atom. The van der Waals surface area contributed by atoms with Crippen molar-refractivity contribution in [2.75, 3.05) is 0 Å². The monoisotopic (exact) mass is 1560 g/mol. The number of nitrogens with zero attached hydrogens (tertiary/aromatic N) is 2. The molecule has 0 heterocycles. The summed E-state index contributed by atoms with van der Waals surface area (Å²) < 4.78 is 0. The van der Waals surface area contributed by atoms with E-state index in [0.29, 0.717) is 0 Å². The van der Waals surface area contributed by atoms with E-state index in [1.165, 1.54) is 308 Å². The molecule has 0 aromatic carbocycles. The molecule has 0 bridgehead atoms. The molecule has 18 aliphatic rings. The Morgan fingerprint density at radius 2 is 0.404 bits per heavy atom. The van der Waals surface area contributed by atoms with Gasteiger partial charge in [-0.15, -0.1) is 0 Å². The molecule has 18 fully saturated rings. The first-order chi connectivity index (χ1) is 55.7. The molecule has 18 aliphatic carbocycles. The zero-order valence-electron chi connectivity index (χ0n) is 76.4. The lowest BCUT2D eigenvalue weighted by Gasteiger charge is -2.70. The first kappa shape index (κ1) is 83.8.